The van der Waals surface area contributed by atoms with Gasteiger partial charge in [0, 0.05) is 6.20 Å². The highest BCUT2D eigenvalue weighted by molar-refractivity contribution is 6.29. The molecule has 0 saturated heterocycles. The molecule has 1 atom stereocenters. The molecule has 0 fully saturated rings. The molecule has 13 heavy (non-hydrogen) atoms. The summed E-state index contributed by atoms with van der Waals surface area (Å²) in [6, 6.07) is 2.75. The molecule has 1 aromatic rings. The fourth-order valence-electron chi connectivity index (χ4n) is 0.940. The van der Waals surface area contributed by atoms with Crippen LogP contribution in [0.2, 0.25) is 5.15 Å². The van der Waals surface area contributed by atoms with Crippen molar-refractivity contribution in [3.63, 3.8) is 0 Å². The van der Waals surface area contributed by atoms with Gasteiger partial charge in [-0.05, 0) is 18.6 Å². The molecule has 1 rings (SSSR count). The first kappa shape index (κ1) is 9.80. The van der Waals surface area contributed by atoms with E-state index in [1.165, 1.54) is 0 Å². The van der Waals surface area contributed by atoms with E-state index in [0.717, 1.165) is 5.56 Å². The van der Waals surface area contributed by atoms with Gasteiger partial charge in [0.05, 0.1) is 6.04 Å². The molecule has 0 aliphatic carbocycles. The number of pyridine rings is 1. The largest absolute Gasteiger partial charge is 0.352 e. The minimum absolute atomic E-state index is 0.151. The third-order valence-electron chi connectivity index (χ3n) is 1.61. The maximum absolute atomic E-state index is 10.5. The second kappa shape index (κ2) is 4.09. The molecule has 0 saturated carbocycles. The Morgan fingerprint density at radius 2 is 2.38 bits per heavy atom. The number of nitrogens with zero attached hydrogens (tertiary/aromatic N) is 1. The molecule has 3 N–H and O–H groups in total. The first-order valence-electron chi connectivity index (χ1n) is 3.77. The molecular weight excluding hydrogens is 190 g/mol. The predicted molar refractivity (Wildman–Crippen MR) is 50.4 cm³/mol. The summed E-state index contributed by atoms with van der Waals surface area (Å²) < 4.78 is 0. The van der Waals surface area contributed by atoms with Gasteiger partial charge in [-0.3, -0.25) is 0 Å². The van der Waals surface area contributed by atoms with E-state index < -0.39 is 6.03 Å². The standard InChI is InChI=1S/C8H10ClN3O/c1-5(12-8(10)13)6-2-3-7(9)11-4-6/h2-5H,1H3,(H3,10,12,13). The van der Waals surface area contributed by atoms with Crippen molar-refractivity contribution >= 4 is 17.6 Å². The number of aromatic nitrogens is 1. The Bertz CT molecular complexity index is 299. The molecule has 70 valence electrons. The number of carbonyl (C=O) groups excluding carboxylic acids is 1. The Morgan fingerprint density at radius 3 is 2.85 bits per heavy atom. The number of urea groups is 1. The molecule has 5 heteroatoms. The molecule has 0 bridgehead atoms. The molecule has 1 heterocycles. The average Bonchev–Trinajstić information content (AvgIpc) is 2.04. The number of primary amides is 1. The second-order valence-corrected chi connectivity index (χ2v) is 3.03. The minimum Gasteiger partial charge on any atom is -0.352 e. The van der Waals surface area contributed by atoms with Crippen molar-refractivity contribution < 1.29 is 4.79 Å². The maximum atomic E-state index is 10.5. The van der Waals surface area contributed by atoms with Crippen LogP contribution in [0.5, 0.6) is 0 Å². The van der Waals surface area contributed by atoms with Crippen LogP contribution in [0.4, 0.5) is 4.79 Å². The highest BCUT2D eigenvalue weighted by atomic mass is 35.5. The number of hydrogen-bond acceptors (Lipinski definition) is 2. The summed E-state index contributed by atoms with van der Waals surface area (Å²) in [5, 5.41) is 2.96. The lowest BCUT2D eigenvalue weighted by Crippen LogP contribution is -2.31. The number of nitrogens with two attached hydrogens (primary N) is 1. The van der Waals surface area contributed by atoms with E-state index in [0.29, 0.717) is 5.15 Å². The smallest absolute Gasteiger partial charge is 0.312 e. The minimum atomic E-state index is -0.553. The van der Waals surface area contributed by atoms with Gasteiger partial charge in [0.1, 0.15) is 5.15 Å². The van der Waals surface area contributed by atoms with Crippen LogP contribution in [0.3, 0.4) is 0 Å². The molecule has 0 aromatic carbocycles. The van der Waals surface area contributed by atoms with Crippen molar-refractivity contribution in [2.75, 3.05) is 0 Å². The van der Waals surface area contributed by atoms with E-state index in [1.807, 2.05) is 6.92 Å². The second-order valence-electron chi connectivity index (χ2n) is 2.64. The molecule has 1 aromatic heterocycles. The quantitative estimate of drug-likeness (QED) is 0.709. The van der Waals surface area contributed by atoms with Gasteiger partial charge < -0.3 is 11.1 Å². The lowest BCUT2D eigenvalue weighted by atomic mass is 10.1. The van der Waals surface area contributed by atoms with E-state index >= 15 is 0 Å². The third kappa shape index (κ3) is 2.91. The van der Waals surface area contributed by atoms with Crippen molar-refractivity contribution in [2.45, 2.75) is 13.0 Å². The van der Waals surface area contributed by atoms with E-state index in [1.54, 1.807) is 18.3 Å². The average molecular weight is 200 g/mol. The van der Waals surface area contributed by atoms with Crippen molar-refractivity contribution in [3.8, 4) is 0 Å². The van der Waals surface area contributed by atoms with Gasteiger partial charge >= 0.3 is 6.03 Å². The zero-order chi connectivity index (χ0) is 9.84. The van der Waals surface area contributed by atoms with Crippen LogP contribution in [0.25, 0.3) is 0 Å². The van der Waals surface area contributed by atoms with Crippen molar-refractivity contribution in [3.05, 3.63) is 29.0 Å². The maximum Gasteiger partial charge on any atom is 0.312 e. The zero-order valence-electron chi connectivity index (χ0n) is 7.12. The zero-order valence-corrected chi connectivity index (χ0v) is 7.88. The van der Waals surface area contributed by atoms with E-state index in [2.05, 4.69) is 10.3 Å². The van der Waals surface area contributed by atoms with Crippen LogP contribution in [-0.4, -0.2) is 11.0 Å². The summed E-state index contributed by atoms with van der Waals surface area (Å²) in [7, 11) is 0. The number of carbonyl (C=O) groups is 1. The Kier molecular flexibility index (Phi) is 3.08. The van der Waals surface area contributed by atoms with Gasteiger partial charge in [0.15, 0.2) is 0 Å². The Labute approximate surface area is 81.1 Å². The fraction of sp³-hybridized carbons (Fsp3) is 0.250. The Morgan fingerprint density at radius 1 is 1.69 bits per heavy atom. The highest BCUT2D eigenvalue weighted by Crippen LogP contribution is 2.12. The van der Waals surface area contributed by atoms with Crippen molar-refractivity contribution in [1.29, 1.82) is 0 Å². The molecule has 0 spiro atoms. The van der Waals surface area contributed by atoms with Gasteiger partial charge in [-0.2, -0.15) is 0 Å². The van der Waals surface area contributed by atoms with Gasteiger partial charge in [-0.25, -0.2) is 9.78 Å². The summed E-state index contributed by atoms with van der Waals surface area (Å²) in [5.74, 6) is 0. The topological polar surface area (TPSA) is 68.0 Å². The van der Waals surface area contributed by atoms with Gasteiger partial charge in [-0.15, -0.1) is 0 Å². The first-order valence-corrected chi connectivity index (χ1v) is 4.15. The normalized spacial score (nSPS) is 12.2. The van der Waals surface area contributed by atoms with Crippen LogP contribution >= 0.6 is 11.6 Å². The number of amides is 2. The summed E-state index contributed by atoms with van der Waals surface area (Å²) in [4.78, 5) is 14.4. The molecule has 1 unspecified atom stereocenters. The van der Waals surface area contributed by atoms with E-state index in [-0.39, 0.29) is 6.04 Å². The first-order chi connectivity index (χ1) is 6.09. The summed E-state index contributed by atoms with van der Waals surface area (Å²) in [5.41, 5.74) is 5.83. The molecular formula is C8H10ClN3O. The number of rotatable bonds is 2. The van der Waals surface area contributed by atoms with Gasteiger partial charge in [0.2, 0.25) is 0 Å². The van der Waals surface area contributed by atoms with Gasteiger partial charge in [0.25, 0.3) is 0 Å². The van der Waals surface area contributed by atoms with Crippen LogP contribution in [0.1, 0.15) is 18.5 Å². The lowest BCUT2D eigenvalue weighted by Gasteiger charge is -2.11. The summed E-state index contributed by atoms with van der Waals surface area (Å²) in [6.07, 6.45) is 1.60. The van der Waals surface area contributed by atoms with Gasteiger partial charge in [-0.1, -0.05) is 17.7 Å². The fourth-order valence-corrected chi connectivity index (χ4v) is 1.05. The van der Waals surface area contributed by atoms with E-state index in [9.17, 15) is 4.79 Å². The Hall–Kier alpha value is -1.29. The number of hydrogen-bond donors (Lipinski definition) is 2. The molecule has 0 aliphatic heterocycles. The summed E-state index contributed by atoms with van der Waals surface area (Å²) >= 11 is 5.60. The van der Waals surface area contributed by atoms with E-state index in [4.69, 9.17) is 17.3 Å². The Balaban J connectivity index is 2.71. The molecule has 4 nitrogen and oxygen atoms in total. The van der Waals surface area contributed by atoms with Crippen LogP contribution in [-0.2, 0) is 0 Å². The predicted octanol–water partition coefficient (Wildman–Crippen LogP) is 1.46. The van der Waals surface area contributed by atoms with Crippen LogP contribution < -0.4 is 11.1 Å². The molecule has 0 aliphatic rings. The summed E-state index contributed by atoms with van der Waals surface area (Å²) in [6.45, 7) is 1.82. The van der Waals surface area contributed by atoms with Crippen LogP contribution in [0, 0.1) is 0 Å². The highest BCUT2D eigenvalue weighted by Gasteiger charge is 2.06. The molecule has 2 amide bonds. The third-order valence-corrected chi connectivity index (χ3v) is 1.83. The monoisotopic (exact) mass is 199 g/mol. The van der Waals surface area contributed by atoms with Crippen LogP contribution in [0.15, 0.2) is 18.3 Å². The number of halogens is 1. The number of nitrogens with one attached hydrogen (secondary N) is 1. The van der Waals surface area contributed by atoms with Crippen molar-refractivity contribution in [1.82, 2.24) is 10.3 Å². The SMILES string of the molecule is CC(NC(N)=O)c1ccc(Cl)nc1. The van der Waals surface area contributed by atoms with Crippen molar-refractivity contribution in [2.24, 2.45) is 5.73 Å². The molecule has 0 radical (unpaired) electrons. The lowest BCUT2D eigenvalue weighted by molar-refractivity contribution is 0.246.